The van der Waals surface area contributed by atoms with Gasteiger partial charge in [0, 0.05) is 6.61 Å². The van der Waals surface area contributed by atoms with Gasteiger partial charge >= 0.3 is 0 Å². The molecule has 0 aromatic carbocycles. The molecule has 3 N–H and O–H groups in total. The van der Waals surface area contributed by atoms with Crippen molar-refractivity contribution in [2.75, 3.05) is 13.2 Å². The summed E-state index contributed by atoms with van der Waals surface area (Å²) in [7, 11) is 0. The SMILES string of the molecule is C=CC(CO)CCC(C)(O)CO. The average molecular weight is 174 g/mol. The molecule has 0 rings (SSSR count). The van der Waals surface area contributed by atoms with Gasteiger partial charge in [0.1, 0.15) is 0 Å². The number of hydrogen-bond acceptors (Lipinski definition) is 3. The van der Waals surface area contributed by atoms with Crippen LogP contribution in [0.5, 0.6) is 0 Å². The van der Waals surface area contributed by atoms with E-state index in [0.717, 1.165) is 0 Å². The molecule has 0 radical (unpaired) electrons. The minimum absolute atomic E-state index is 0.0167. The third-order valence-electron chi connectivity index (χ3n) is 1.96. The lowest BCUT2D eigenvalue weighted by molar-refractivity contribution is -0.00977. The lowest BCUT2D eigenvalue weighted by Crippen LogP contribution is -2.29. The van der Waals surface area contributed by atoms with Crippen LogP contribution in [-0.4, -0.2) is 34.1 Å². The van der Waals surface area contributed by atoms with Gasteiger partial charge in [-0.05, 0) is 25.7 Å². The molecule has 3 nitrogen and oxygen atoms in total. The van der Waals surface area contributed by atoms with Crippen molar-refractivity contribution in [1.29, 1.82) is 0 Å². The predicted octanol–water partition coefficient (Wildman–Crippen LogP) is 0.304. The van der Waals surface area contributed by atoms with Crippen LogP contribution in [0.3, 0.4) is 0 Å². The fraction of sp³-hybridized carbons (Fsp3) is 0.778. The van der Waals surface area contributed by atoms with Gasteiger partial charge < -0.3 is 15.3 Å². The van der Waals surface area contributed by atoms with Gasteiger partial charge in [0.25, 0.3) is 0 Å². The topological polar surface area (TPSA) is 60.7 Å². The average Bonchev–Trinajstić information content (AvgIpc) is 2.06. The Morgan fingerprint density at radius 2 is 2.08 bits per heavy atom. The van der Waals surface area contributed by atoms with Gasteiger partial charge in [0.05, 0.1) is 12.2 Å². The smallest absolute Gasteiger partial charge is 0.0849 e. The summed E-state index contributed by atoms with van der Waals surface area (Å²) in [5.74, 6) is 0.0167. The van der Waals surface area contributed by atoms with E-state index < -0.39 is 5.60 Å². The molecule has 0 amide bonds. The first kappa shape index (κ1) is 11.6. The van der Waals surface area contributed by atoms with Gasteiger partial charge in [-0.25, -0.2) is 0 Å². The summed E-state index contributed by atoms with van der Waals surface area (Å²) in [5, 5.41) is 26.9. The molecule has 2 atom stereocenters. The van der Waals surface area contributed by atoms with Crippen molar-refractivity contribution in [2.24, 2.45) is 5.92 Å². The largest absolute Gasteiger partial charge is 0.396 e. The molecule has 0 aliphatic rings. The summed E-state index contributed by atoms with van der Waals surface area (Å²) >= 11 is 0. The normalized spacial score (nSPS) is 18.3. The van der Waals surface area contributed by atoms with Crippen LogP contribution in [0.15, 0.2) is 12.7 Å². The Labute approximate surface area is 73.4 Å². The van der Waals surface area contributed by atoms with Gasteiger partial charge in [-0.3, -0.25) is 0 Å². The van der Waals surface area contributed by atoms with Gasteiger partial charge in [-0.1, -0.05) is 6.08 Å². The van der Waals surface area contributed by atoms with Crippen LogP contribution in [-0.2, 0) is 0 Å². The minimum Gasteiger partial charge on any atom is -0.396 e. The van der Waals surface area contributed by atoms with E-state index >= 15 is 0 Å². The fourth-order valence-corrected chi connectivity index (χ4v) is 0.859. The summed E-state index contributed by atoms with van der Waals surface area (Å²) in [4.78, 5) is 0. The van der Waals surface area contributed by atoms with Crippen molar-refractivity contribution in [3.8, 4) is 0 Å². The van der Waals surface area contributed by atoms with Crippen LogP contribution in [0.2, 0.25) is 0 Å². The van der Waals surface area contributed by atoms with Gasteiger partial charge in [-0.15, -0.1) is 6.58 Å². The standard InChI is InChI=1S/C9H18O3/c1-3-8(6-10)4-5-9(2,12)7-11/h3,8,10-12H,1,4-7H2,2H3. The molecule has 0 fully saturated rings. The molecule has 3 heteroatoms. The van der Waals surface area contributed by atoms with Crippen molar-refractivity contribution >= 4 is 0 Å². The molecule has 12 heavy (non-hydrogen) atoms. The second-order valence-corrected chi connectivity index (χ2v) is 3.37. The predicted molar refractivity (Wildman–Crippen MR) is 47.7 cm³/mol. The molecule has 72 valence electrons. The molecule has 0 aromatic rings. The van der Waals surface area contributed by atoms with E-state index in [4.69, 9.17) is 10.2 Å². The van der Waals surface area contributed by atoms with Crippen LogP contribution in [0, 0.1) is 5.92 Å². The second kappa shape index (κ2) is 5.30. The van der Waals surface area contributed by atoms with E-state index in [2.05, 4.69) is 6.58 Å². The first-order valence-electron chi connectivity index (χ1n) is 4.12. The molecule has 0 spiro atoms. The lowest BCUT2D eigenvalue weighted by Gasteiger charge is -2.21. The van der Waals surface area contributed by atoms with Crippen LogP contribution >= 0.6 is 0 Å². The Morgan fingerprint density at radius 3 is 2.42 bits per heavy atom. The van der Waals surface area contributed by atoms with E-state index in [1.807, 2.05) is 0 Å². The Bertz CT molecular complexity index is 132. The first-order chi connectivity index (χ1) is 5.55. The van der Waals surface area contributed by atoms with Crippen LogP contribution in [0.4, 0.5) is 0 Å². The highest BCUT2D eigenvalue weighted by Gasteiger charge is 2.19. The van der Waals surface area contributed by atoms with E-state index in [0.29, 0.717) is 12.8 Å². The van der Waals surface area contributed by atoms with Crippen molar-refractivity contribution in [3.05, 3.63) is 12.7 Å². The van der Waals surface area contributed by atoms with Gasteiger partial charge in [0.2, 0.25) is 0 Å². The minimum atomic E-state index is -1.03. The number of aliphatic hydroxyl groups excluding tert-OH is 2. The van der Waals surface area contributed by atoms with Crippen LogP contribution in [0.1, 0.15) is 19.8 Å². The van der Waals surface area contributed by atoms with Crippen molar-refractivity contribution in [2.45, 2.75) is 25.4 Å². The van der Waals surface area contributed by atoms with E-state index in [-0.39, 0.29) is 19.1 Å². The van der Waals surface area contributed by atoms with Crippen LogP contribution in [0.25, 0.3) is 0 Å². The molecule has 0 bridgehead atoms. The maximum absolute atomic E-state index is 9.40. The maximum Gasteiger partial charge on any atom is 0.0849 e. The first-order valence-corrected chi connectivity index (χ1v) is 4.12. The zero-order chi connectivity index (χ0) is 9.61. The maximum atomic E-state index is 9.40. The second-order valence-electron chi connectivity index (χ2n) is 3.37. The van der Waals surface area contributed by atoms with Gasteiger partial charge in [-0.2, -0.15) is 0 Å². The van der Waals surface area contributed by atoms with E-state index in [1.54, 1.807) is 13.0 Å². The van der Waals surface area contributed by atoms with Crippen molar-refractivity contribution in [3.63, 3.8) is 0 Å². The molecule has 0 saturated heterocycles. The summed E-state index contributed by atoms with van der Waals surface area (Å²) in [6.45, 7) is 4.93. The third kappa shape index (κ3) is 4.49. The summed E-state index contributed by atoms with van der Waals surface area (Å²) < 4.78 is 0. The highest BCUT2D eigenvalue weighted by atomic mass is 16.3. The number of aliphatic hydroxyl groups is 3. The highest BCUT2D eigenvalue weighted by molar-refractivity contribution is 4.81. The van der Waals surface area contributed by atoms with E-state index in [9.17, 15) is 5.11 Å². The van der Waals surface area contributed by atoms with E-state index in [1.165, 1.54) is 0 Å². The lowest BCUT2D eigenvalue weighted by atomic mass is 9.95. The fourth-order valence-electron chi connectivity index (χ4n) is 0.859. The zero-order valence-electron chi connectivity index (χ0n) is 7.53. The van der Waals surface area contributed by atoms with Crippen molar-refractivity contribution in [1.82, 2.24) is 0 Å². The Kier molecular flexibility index (Phi) is 5.13. The summed E-state index contributed by atoms with van der Waals surface area (Å²) in [5.41, 5.74) is -1.03. The number of hydrogen-bond donors (Lipinski definition) is 3. The quantitative estimate of drug-likeness (QED) is 0.508. The van der Waals surface area contributed by atoms with Crippen molar-refractivity contribution < 1.29 is 15.3 Å². The molecule has 0 aliphatic carbocycles. The monoisotopic (exact) mass is 174 g/mol. The third-order valence-corrected chi connectivity index (χ3v) is 1.96. The molecule has 0 aliphatic heterocycles. The zero-order valence-corrected chi connectivity index (χ0v) is 7.53. The molecule has 0 saturated carbocycles. The number of rotatable bonds is 6. The molecular weight excluding hydrogens is 156 g/mol. The Hall–Kier alpha value is -0.380. The molecule has 2 unspecified atom stereocenters. The summed E-state index contributed by atoms with van der Waals surface area (Å²) in [6.07, 6.45) is 2.78. The Balaban J connectivity index is 3.72. The summed E-state index contributed by atoms with van der Waals surface area (Å²) in [6, 6.07) is 0. The van der Waals surface area contributed by atoms with Gasteiger partial charge in [0.15, 0.2) is 0 Å². The molecule has 0 heterocycles. The molecule has 0 aromatic heterocycles. The Morgan fingerprint density at radius 1 is 1.50 bits per heavy atom. The highest BCUT2D eigenvalue weighted by Crippen LogP contribution is 2.16. The van der Waals surface area contributed by atoms with Crippen LogP contribution < -0.4 is 0 Å². The molecular formula is C9H18O3.